The minimum atomic E-state index is -0.0612. The smallest absolute Gasteiger partial charge is 0.226 e. The van der Waals surface area contributed by atoms with Crippen molar-refractivity contribution in [2.45, 2.75) is 31.9 Å². The number of hydrogen-bond donors (Lipinski definition) is 0. The Morgan fingerprint density at radius 2 is 2.14 bits per heavy atom. The Morgan fingerprint density at radius 1 is 1.43 bits per heavy atom. The van der Waals surface area contributed by atoms with Crippen molar-refractivity contribution >= 4 is 11.8 Å². The first-order valence-corrected chi connectivity index (χ1v) is 5.71. The minimum absolute atomic E-state index is 0.0612. The first-order chi connectivity index (χ1) is 6.54. The summed E-state index contributed by atoms with van der Waals surface area (Å²) in [6, 6.07) is 0. The molecule has 0 amide bonds. The van der Waals surface area contributed by atoms with Crippen molar-refractivity contribution in [3.8, 4) is 0 Å². The maximum absolute atomic E-state index is 5.52. The van der Waals surface area contributed by atoms with Crippen molar-refractivity contribution in [1.82, 2.24) is 10.2 Å². The van der Waals surface area contributed by atoms with Gasteiger partial charge in [-0.25, -0.2) is 0 Å². The second-order valence-electron chi connectivity index (χ2n) is 4.05. The Hall–Kier alpha value is -0.770. The molecule has 0 aromatic carbocycles. The Labute approximate surface area is 89.0 Å². The fraction of sp³-hybridized carbons (Fsp3) is 0.600. The summed E-state index contributed by atoms with van der Waals surface area (Å²) in [5.41, 5.74) is -0.0612. The number of rotatable bonds is 4. The zero-order valence-corrected chi connectivity index (χ0v) is 9.73. The fourth-order valence-corrected chi connectivity index (χ4v) is 1.42. The van der Waals surface area contributed by atoms with Crippen molar-refractivity contribution in [3.63, 3.8) is 0 Å². The molecule has 1 heterocycles. The highest BCUT2D eigenvalue weighted by Gasteiger charge is 2.21. The number of thioether (sulfide) groups is 1. The van der Waals surface area contributed by atoms with Gasteiger partial charge in [0.05, 0.1) is 5.75 Å². The van der Waals surface area contributed by atoms with Crippen LogP contribution in [0.5, 0.6) is 0 Å². The second kappa shape index (κ2) is 4.64. The van der Waals surface area contributed by atoms with Gasteiger partial charge in [-0.2, -0.15) is 0 Å². The highest BCUT2D eigenvalue weighted by atomic mass is 32.2. The lowest BCUT2D eigenvalue weighted by Gasteiger charge is -2.10. The van der Waals surface area contributed by atoms with Crippen molar-refractivity contribution in [1.29, 1.82) is 0 Å². The van der Waals surface area contributed by atoms with Crippen LogP contribution >= 0.6 is 11.8 Å². The van der Waals surface area contributed by atoms with E-state index < -0.39 is 0 Å². The van der Waals surface area contributed by atoms with Crippen LogP contribution in [0.3, 0.4) is 0 Å². The van der Waals surface area contributed by atoms with E-state index in [2.05, 4.69) is 37.5 Å². The van der Waals surface area contributed by atoms with E-state index in [1.807, 2.05) is 6.08 Å². The third kappa shape index (κ3) is 3.18. The van der Waals surface area contributed by atoms with Crippen LogP contribution in [0.2, 0.25) is 0 Å². The van der Waals surface area contributed by atoms with E-state index in [1.165, 1.54) is 0 Å². The SMILES string of the molecule is C=CCSCc1nnc(C(C)(C)C)o1. The summed E-state index contributed by atoms with van der Waals surface area (Å²) < 4.78 is 5.52. The van der Waals surface area contributed by atoms with Crippen molar-refractivity contribution in [3.05, 3.63) is 24.4 Å². The maximum Gasteiger partial charge on any atom is 0.226 e. The molecule has 0 N–H and O–H groups in total. The first kappa shape index (κ1) is 11.3. The van der Waals surface area contributed by atoms with E-state index in [0.29, 0.717) is 11.8 Å². The molecular formula is C10H16N2OS. The van der Waals surface area contributed by atoms with Gasteiger partial charge in [0.25, 0.3) is 0 Å². The van der Waals surface area contributed by atoms with E-state index in [4.69, 9.17) is 4.42 Å². The quantitative estimate of drug-likeness (QED) is 0.568. The molecule has 0 saturated heterocycles. The van der Waals surface area contributed by atoms with E-state index in [9.17, 15) is 0 Å². The van der Waals surface area contributed by atoms with Gasteiger partial charge in [0.1, 0.15) is 0 Å². The van der Waals surface area contributed by atoms with Crippen LogP contribution in [0.15, 0.2) is 17.1 Å². The topological polar surface area (TPSA) is 38.9 Å². The predicted molar refractivity (Wildman–Crippen MR) is 59.4 cm³/mol. The monoisotopic (exact) mass is 212 g/mol. The molecular weight excluding hydrogens is 196 g/mol. The number of aromatic nitrogens is 2. The predicted octanol–water partition coefficient (Wildman–Crippen LogP) is 2.79. The van der Waals surface area contributed by atoms with E-state index >= 15 is 0 Å². The third-order valence-electron chi connectivity index (χ3n) is 1.57. The molecule has 4 heteroatoms. The molecule has 0 aliphatic carbocycles. The molecule has 1 rings (SSSR count). The van der Waals surface area contributed by atoms with E-state index in [0.717, 1.165) is 11.5 Å². The maximum atomic E-state index is 5.52. The average Bonchev–Trinajstić information content (AvgIpc) is 2.52. The van der Waals surface area contributed by atoms with Crippen LogP contribution < -0.4 is 0 Å². The molecule has 0 unspecified atom stereocenters. The Bertz CT molecular complexity index is 301. The molecule has 14 heavy (non-hydrogen) atoms. The molecule has 0 saturated carbocycles. The lowest BCUT2D eigenvalue weighted by atomic mass is 9.97. The van der Waals surface area contributed by atoms with Crippen molar-refractivity contribution in [2.75, 3.05) is 5.75 Å². The molecule has 0 aliphatic heterocycles. The molecule has 1 aromatic rings. The summed E-state index contributed by atoms with van der Waals surface area (Å²) in [7, 11) is 0. The summed E-state index contributed by atoms with van der Waals surface area (Å²) in [5, 5.41) is 7.99. The summed E-state index contributed by atoms with van der Waals surface area (Å²) in [6.45, 7) is 9.82. The van der Waals surface area contributed by atoms with Gasteiger partial charge in [0, 0.05) is 11.2 Å². The molecule has 0 radical (unpaired) electrons. The first-order valence-electron chi connectivity index (χ1n) is 4.55. The highest BCUT2D eigenvalue weighted by molar-refractivity contribution is 7.98. The Morgan fingerprint density at radius 3 is 2.64 bits per heavy atom. The lowest BCUT2D eigenvalue weighted by Crippen LogP contribution is -2.11. The molecule has 0 bridgehead atoms. The van der Waals surface area contributed by atoms with E-state index in [-0.39, 0.29) is 5.41 Å². The van der Waals surface area contributed by atoms with Crippen molar-refractivity contribution < 1.29 is 4.42 Å². The van der Waals surface area contributed by atoms with Crippen LogP contribution in [0.4, 0.5) is 0 Å². The van der Waals surface area contributed by atoms with Gasteiger partial charge < -0.3 is 4.42 Å². The number of hydrogen-bond acceptors (Lipinski definition) is 4. The molecule has 3 nitrogen and oxygen atoms in total. The third-order valence-corrected chi connectivity index (χ3v) is 2.49. The zero-order valence-electron chi connectivity index (χ0n) is 8.91. The Balaban J connectivity index is 2.55. The van der Waals surface area contributed by atoms with Gasteiger partial charge in [0.2, 0.25) is 11.8 Å². The van der Waals surface area contributed by atoms with E-state index in [1.54, 1.807) is 11.8 Å². The molecule has 0 atom stereocenters. The van der Waals surface area contributed by atoms with Gasteiger partial charge in [-0.15, -0.1) is 28.5 Å². The molecule has 1 aromatic heterocycles. The highest BCUT2D eigenvalue weighted by Crippen LogP contribution is 2.21. The van der Waals surface area contributed by atoms with Crippen LogP contribution in [-0.4, -0.2) is 16.0 Å². The second-order valence-corrected chi connectivity index (χ2v) is 5.09. The Kier molecular flexibility index (Phi) is 3.75. The van der Waals surface area contributed by atoms with Crippen molar-refractivity contribution in [2.24, 2.45) is 0 Å². The van der Waals surface area contributed by atoms with Crippen LogP contribution in [0, 0.1) is 0 Å². The zero-order chi connectivity index (χ0) is 10.6. The largest absolute Gasteiger partial charge is 0.424 e. The van der Waals surface area contributed by atoms with Gasteiger partial charge in [-0.3, -0.25) is 0 Å². The lowest BCUT2D eigenvalue weighted by molar-refractivity contribution is 0.378. The molecule has 0 fully saturated rings. The normalized spacial score (nSPS) is 11.6. The summed E-state index contributed by atoms with van der Waals surface area (Å²) >= 11 is 1.72. The van der Waals surface area contributed by atoms with Crippen LogP contribution in [-0.2, 0) is 11.2 Å². The number of nitrogens with zero attached hydrogens (tertiary/aromatic N) is 2. The molecule has 0 aliphatic rings. The van der Waals surface area contributed by atoms with Crippen LogP contribution in [0.1, 0.15) is 32.6 Å². The fourth-order valence-electron chi connectivity index (χ4n) is 0.845. The van der Waals surface area contributed by atoms with Gasteiger partial charge in [0.15, 0.2) is 0 Å². The summed E-state index contributed by atoms with van der Waals surface area (Å²) in [6.07, 6.45) is 1.87. The molecule has 78 valence electrons. The summed E-state index contributed by atoms with van der Waals surface area (Å²) in [5.74, 6) is 3.07. The average molecular weight is 212 g/mol. The van der Waals surface area contributed by atoms with Crippen LogP contribution in [0.25, 0.3) is 0 Å². The minimum Gasteiger partial charge on any atom is -0.424 e. The standard InChI is InChI=1S/C10H16N2OS/c1-5-6-14-7-8-11-12-9(13-8)10(2,3)4/h5H,1,6-7H2,2-4H3. The van der Waals surface area contributed by atoms with Gasteiger partial charge in [-0.1, -0.05) is 26.8 Å². The van der Waals surface area contributed by atoms with Gasteiger partial charge >= 0.3 is 0 Å². The molecule has 0 spiro atoms. The summed E-state index contributed by atoms with van der Waals surface area (Å²) in [4.78, 5) is 0. The van der Waals surface area contributed by atoms with Gasteiger partial charge in [-0.05, 0) is 0 Å².